The summed E-state index contributed by atoms with van der Waals surface area (Å²) < 4.78 is 24.4. The van der Waals surface area contributed by atoms with Crippen molar-refractivity contribution in [3.63, 3.8) is 0 Å². The van der Waals surface area contributed by atoms with Crippen molar-refractivity contribution in [3.05, 3.63) is 34.6 Å². The molecule has 14 heavy (non-hydrogen) atoms. The lowest BCUT2D eigenvalue weighted by atomic mass is 10.2. The Labute approximate surface area is 89.2 Å². The van der Waals surface area contributed by atoms with Crippen molar-refractivity contribution in [3.8, 4) is 0 Å². The molecule has 1 atom stereocenters. The molecule has 0 saturated carbocycles. The highest BCUT2D eigenvalue weighted by Crippen LogP contribution is 2.20. The molecule has 78 valence electrons. The Hall–Kier alpha value is -0.450. The van der Waals surface area contributed by atoms with E-state index >= 15 is 0 Å². The normalized spacial score (nSPS) is 12.8. The van der Waals surface area contributed by atoms with Gasteiger partial charge in [-0.15, -0.1) is 0 Å². The highest BCUT2D eigenvalue weighted by atomic mass is 35.5. The van der Waals surface area contributed by atoms with Gasteiger partial charge in [0.1, 0.15) is 5.82 Å². The molecule has 0 spiro atoms. The average Bonchev–Trinajstić information content (AvgIpc) is 2.12. The van der Waals surface area contributed by atoms with Crippen LogP contribution in [0.1, 0.15) is 5.56 Å². The Kier molecular flexibility index (Phi) is 4.51. The Morgan fingerprint density at radius 1 is 1.50 bits per heavy atom. The van der Waals surface area contributed by atoms with Gasteiger partial charge in [0.25, 0.3) is 0 Å². The van der Waals surface area contributed by atoms with Crippen LogP contribution in [0.5, 0.6) is 0 Å². The standard InChI is InChI=1S/C9H10ClFO2S/c10-8-2-1-3-9(11)7(8)6-14(13)5-4-12/h1-3,12H,4-6H2. The molecule has 0 amide bonds. The Morgan fingerprint density at radius 2 is 2.21 bits per heavy atom. The molecule has 1 unspecified atom stereocenters. The molecule has 0 aliphatic carbocycles. The molecule has 1 aromatic rings. The van der Waals surface area contributed by atoms with E-state index in [2.05, 4.69) is 0 Å². The summed E-state index contributed by atoms with van der Waals surface area (Å²) in [6, 6.07) is 4.32. The summed E-state index contributed by atoms with van der Waals surface area (Å²) in [5, 5.41) is 8.81. The first-order chi connectivity index (χ1) is 6.65. The molecule has 0 radical (unpaired) electrons. The first-order valence-electron chi connectivity index (χ1n) is 4.04. The third-order valence-electron chi connectivity index (χ3n) is 1.69. The lowest BCUT2D eigenvalue weighted by Crippen LogP contribution is -2.06. The van der Waals surface area contributed by atoms with Gasteiger partial charge in [-0.25, -0.2) is 4.39 Å². The summed E-state index contributed by atoms with van der Waals surface area (Å²) in [6.07, 6.45) is 0. The van der Waals surface area contributed by atoms with Crippen LogP contribution in [0.15, 0.2) is 18.2 Å². The fourth-order valence-corrected chi connectivity index (χ4v) is 2.28. The molecule has 0 saturated heterocycles. The lowest BCUT2D eigenvalue weighted by molar-refractivity contribution is 0.321. The molecule has 2 nitrogen and oxygen atoms in total. The summed E-state index contributed by atoms with van der Waals surface area (Å²) in [7, 11) is -1.27. The van der Waals surface area contributed by atoms with Gasteiger partial charge in [0.15, 0.2) is 0 Å². The Morgan fingerprint density at radius 3 is 2.79 bits per heavy atom. The van der Waals surface area contributed by atoms with Gasteiger partial charge in [0.2, 0.25) is 0 Å². The fourth-order valence-electron chi connectivity index (χ4n) is 1.01. The van der Waals surface area contributed by atoms with Gasteiger partial charge in [0, 0.05) is 27.1 Å². The van der Waals surface area contributed by atoms with Gasteiger partial charge < -0.3 is 5.11 Å². The van der Waals surface area contributed by atoms with E-state index in [1.807, 2.05) is 0 Å². The number of halogens is 2. The molecule has 1 N–H and O–H groups in total. The third-order valence-corrected chi connectivity index (χ3v) is 3.29. The van der Waals surface area contributed by atoms with Gasteiger partial charge in [-0.05, 0) is 12.1 Å². The Balaban J connectivity index is 2.80. The molecule has 1 aromatic carbocycles. The molecule has 0 fully saturated rings. The number of benzene rings is 1. The van der Waals surface area contributed by atoms with Gasteiger partial charge in [0.05, 0.1) is 12.4 Å². The molecule has 0 bridgehead atoms. The number of aliphatic hydroxyl groups is 1. The first-order valence-corrected chi connectivity index (χ1v) is 5.90. The monoisotopic (exact) mass is 236 g/mol. The maximum absolute atomic E-state index is 13.2. The van der Waals surface area contributed by atoms with Crippen LogP contribution in [-0.4, -0.2) is 21.7 Å². The number of rotatable bonds is 4. The minimum absolute atomic E-state index is 0.0477. The Bertz CT molecular complexity index is 323. The van der Waals surface area contributed by atoms with E-state index in [9.17, 15) is 8.60 Å². The average molecular weight is 237 g/mol. The van der Waals surface area contributed by atoms with E-state index in [0.717, 1.165) is 0 Å². The third kappa shape index (κ3) is 3.04. The lowest BCUT2D eigenvalue weighted by Gasteiger charge is -2.04. The van der Waals surface area contributed by atoms with E-state index in [4.69, 9.17) is 16.7 Å². The zero-order valence-electron chi connectivity index (χ0n) is 7.37. The summed E-state index contributed by atoms with van der Waals surface area (Å²) in [5.74, 6) is -0.264. The van der Waals surface area contributed by atoms with Crippen molar-refractivity contribution in [2.75, 3.05) is 12.4 Å². The molecule has 1 rings (SSSR count). The number of hydrogen-bond donors (Lipinski definition) is 1. The van der Waals surface area contributed by atoms with E-state index < -0.39 is 16.6 Å². The molecule has 5 heteroatoms. The summed E-state index contributed by atoms with van der Waals surface area (Å²) in [6.45, 7) is -0.168. The molecular weight excluding hydrogens is 227 g/mol. The van der Waals surface area contributed by atoms with Crippen molar-refractivity contribution in [2.45, 2.75) is 5.75 Å². The first kappa shape index (κ1) is 11.6. The van der Waals surface area contributed by atoms with Crippen LogP contribution >= 0.6 is 11.6 Å². The van der Waals surface area contributed by atoms with Crippen molar-refractivity contribution in [1.82, 2.24) is 0 Å². The summed E-state index contributed by atoms with van der Waals surface area (Å²) in [4.78, 5) is 0. The van der Waals surface area contributed by atoms with Gasteiger partial charge in [-0.1, -0.05) is 17.7 Å². The van der Waals surface area contributed by atoms with Crippen molar-refractivity contribution < 1.29 is 13.7 Å². The minimum Gasteiger partial charge on any atom is -0.395 e. The zero-order chi connectivity index (χ0) is 10.6. The highest BCUT2D eigenvalue weighted by molar-refractivity contribution is 7.84. The van der Waals surface area contributed by atoms with Crippen LogP contribution < -0.4 is 0 Å². The molecule has 0 heterocycles. The second kappa shape index (κ2) is 5.44. The number of hydrogen-bond acceptors (Lipinski definition) is 2. The van der Waals surface area contributed by atoms with Crippen molar-refractivity contribution in [1.29, 1.82) is 0 Å². The predicted molar refractivity (Wildman–Crippen MR) is 55.2 cm³/mol. The summed E-state index contributed by atoms with van der Waals surface area (Å²) in [5.41, 5.74) is 0.251. The predicted octanol–water partition coefficient (Wildman–Crippen LogP) is 1.72. The quantitative estimate of drug-likeness (QED) is 0.865. The van der Waals surface area contributed by atoms with Gasteiger partial charge in [-0.3, -0.25) is 4.21 Å². The van der Waals surface area contributed by atoms with Gasteiger partial charge >= 0.3 is 0 Å². The number of aliphatic hydroxyl groups excluding tert-OH is 1. The molecule has 0 aliphatic rings. The van der Waals surface area contributed by atoms with Crippen LogP contribution in [0, 0.1) is 5.82 Å². The molecule has 0 aliphatic heterocycles. The second-order valence-electron chi connectivity index (χ2n) is 2.71. The zero-order valence-corrected chi connectivity index (χ0v) is 8.95. The topological polar surface area (TPSA) is 37.3 Å². The smallest absolute Gasteiger partial charge is 0.128 e. The van der Waals surface area contributed by atoms with Crippen LogP contribution in [-0.2, 0) is 16.6 Å². The maximum Gasteiger partial charge on any atom is 0.128 e. The maximum atomic E-state index is 13.2. The van der Waals surface area contributed by atoms with Crippen molar-refractivity contribution >= 4 is 22.4 Å². The van der Waals surface area contributed by atoms with Crippen LogP contribution in [0.25, 0.3) is 0 Å². The van der Waals surface area contributed by atoms with E-state index in [0.29, 0.717) is 0 Å². The fraction of sp³-hybridized carbons (Fsp3) is 0.333. The van der Waals surface area contributed by atoms with Crippen LogP contribution in [0.4, 0.5) is 4.39 Å². The van der Waals surface area contributed by atoms with Crippen LogP contribution in [0.3, 0.4) is 0 Å². The second-order valence-corrected chi connectivity index (χ2v) is 4.70. The molecular formula is C9H10ClFO2S. The van der Waals surface area contributed by atoms with Crippen LogP contribution in [0.2, 0.25) is 5.02 Å². The SMILES string of the molecule is O=S(CCO)Cc1c(F)cccc1Cl. The van der Waals surface area contributed by atoms with Crippen molar-refractivity contribution in [2.24, 2.45) is 0 Å². The summed E-state index contributed by atoms with van der Waals surface area (Å²) >= 11 is 5.74. The van der Waals surface area contributed by atoms with E-state index in [1.54, 1.807) is 6.07 Å². The van der Waals surface area contributed by atoms with Gasteiger partial charge in [-0.2, -0.15) is 0 Å². The largest absolute Gasteiger partial charge is 0.395 e. The molecule has 0 aromatic heterocycles. The van der Waals surface area contributed by atoms with E-state index in [-0.39, 0.29) is 28.7 Å². The minimum atomic E-state index is -1.27. The van der Waals surface area contributed by atoms with E-state index in [1.165, 1.54) is 12.1 Å². The highest BCUT2D eigenvalue weighted by Gasteiger charge is 2.09.